The van der Waals surface area contributed by atoms with Crippen LogP contribution < -0.4 is 5.32 Å². The SMILES string of the molecule is CCC(C(=O)NC1CCCCC1)n1nc(C)c(Cl)c1C. The van der Waals surface area contributed by atoms with Gasteiger partial charge in [0.1, 0.15) is 6.04 Å². The molecule has 1 fully saturated rings. The third-order valence-corrected chi connectivity index (χ3v) is 4.72. The quantitative estimate of drug-likeness (QED) is 0.924. The standard InChI is InChI=1S/C15H24ClN3O/c1-4-13(19-11(3)14(16)10(2)18-19)15(20)17-12-8-6-5-7-9-12/h12-13H,4-9H2,1-3H3,(H,17,20). The molecule has 1 unspecified atom stereocenters. The largest absolute Gasteiger partial charge is 0.352 e. The molecule has 4 nitrogen and oxygen atoms in total. The fraction of sp³-hybridized carbons (Fsp3) is 0.733. The molecule has 2 rings (SSSR count). The van der Waals surface area contributed by atoms with Crippen LogP contribution in [0.5, 0.6) is 0 Å². The molecule has 1 aliphatic carbocycles. The van der Waals surface area contributed by atoms with Crippen LogP contribution in [0.15, 0.2) is 0 Å². The third kappa shape index (κ3) is 3.17. The maximum atomic E-state index is 12.5. The molecule has 20 heavy (non-hydrogen) atoms. The lowest BCUT2D eigenvalue weighted by Gasteiger charge is -2.25. The minimum Gasteiger partial charge on any atom is -0.352 e. The number of rotatable bonds is 4. The summed E-state index contributed by atoms with van der Waals surface area (Å²) in [5.74, 6) is 0.0710. The van der Waals surface area contributed by atoms with Gasteiger partial charge in [-0.1, -0.05) is 37.8 Å². The van der Waals surface area contributed by atoms with Crippen LogP contribution >= 0.6 is 11.6 Å². The zero-order valence-corrected chi connectivity index (χ0v) is 13.3. The molecular formula is C15H24ClN3O. The lowest BCUT2D eigenvalue weighted by molar-refractivity contribution is -0.125. The van der Waals surface area contributed by atoms with Gasteiger partial charge in [-0.2, -0.15) is 5.10 Å². The minimum atomic E-state index is -0.261. The number of hydrogen-bond donors (Lipinski definition) is 1. The van der Waals surface area contributed by atoms with E-state index in [4.69, 9.17) is 11.6 Å². The first kappa shape index (κ1) is 15.4. The summed E-state index contributed by atoms with van der Waals surface area (Å²) in [6.07, 6.45) is 6.63. The number of nitrogens with one attached hydrogen (secondary N) is 1. The molecule has 5 heteroatoms. The average molecular weight is 298 g/mol. The highest BCUT2D eigenvalue weighted by Gasteiger charge is 2.25. The summed E-state index contributed by atoms with van der Waals surface area (Å²) in [4.78, 5) is 12.5. The molecule has 1 aliphatic rings. The maximum Gasteiger partial charge on any atom is 0.245 e. The molecule has 0 spiro atoms. The van der Waals surface area contributed by atoms with Gasteiger partial charge in [0, 0.05) is 6.04 Å². The van der Waals surface area contributed by atoms with Gasteiger partial charge in [0.2, 0.25) is 5.91 Å². The van der Waals surface area contributed by atoms with Crippen molar-refractivity contribution < 1.29 is 4.79 Å². The number of carbonyl (C=O) groups is 1. The topological polar surface area (TPSA) is 46.9 Å². The summed E-state index contributed by atoms with van der Waals surface area (Å²) in [5, 5.41) is 8.26. The second-order valence-electron chi connectivity index (χ2n) is 5.70. The van der Waals surface area contributed by atoms with Crippen LogP contribution in [-0.4, -0.2) is 21.7 Å². The zero-order chi connectivity index (χ0) is 14.7. The second kappa shape index (κ2) is 6.61. The van der Waals surface area contributed by atoms with E-state index in [1.165, 1.54) is 19.3 Å². The number of hydrogen-bond acceptors (Lipinski definition) is 2. The summed E-state index contributed by atoms with van der Waals surface area (Å²) in [6, 6.07) is 0.0702. The van der Waals surface area contributed by atoms with Gasteiger partial charge >= 0.3 is 0 Å². The van der Waals surface area contributed by atoms with Crippen molar-refractivity contribution in [3.8, 4) is 0 Å². The molecule has 1 heterocycles. The van der Waals surface area contributed by atoms with Gasteiger partial charge in [0.15, 0.2) is 0 Å². The van der Waals surface area contributed by atoms with Crippen molar-refractivity contribution in [1.29, 1.82) is 0 Å². The monoisotopic (exact) mass is 297 g/mol. The lowest BCUT2D eigenvalue weighted by Crippen LogP contribution is -2.41. The van der Waals surface area contributed by atoms with Gasteiger partial charge in [-0.3, -0.25) is 9.48 Å². The van der Waals surface area contributed by atoms with Crippen molar-refractivity contribution >= 4 is 17.5 Å². The van der Waals surface area contributed by atoms with Crippen LogP contribution in [0.25, 0.3) is 0 Å². The summed E-state index contributed by atoms with van der Waals surface area (Å²) < 4.78 is 1.77. The minimum absolute atomic E-state index is 0.0710. The smallest absolute Gasteiger partial charge is 0.245 e. The van der Waals surface area contributed by atoms with Crippen molar-refractivity contribution in [3.63, 3.8) is 0 Å². The van der Waals surface area contributed by atoms with E-state index in [2.05, 4.69) is 10.4 Å². The number of aryl methyl sites for hydroxylation is 1. The average Bonchev–Trinajstić information content (AvgIpc) is 2.69. The number of carbonyl (C=O) groups excluding carboxylic acids is 1. The second-order valence-corrected chi connectivity index (χ2v) is 6.07. The molecule has 112 valence electrons. The predicted molar refractivity (Wildman–Crippen MR) is 81.1 cm³/mol. The Morgan fingerprint density at radius 1 is 1.40 bits per heavy atom. The third-order valence-electron chi connectivity index (χ3n) is 4.17. The van der Waals surface area contributed by atoms with Gasteiger partial charge < -0.3 is 5.32 Å². The van der Waals surface area contributed by atoms with E-state index in [9.17, 15) is 4.79 Å². The molecule has 1 N–H and O–H groups in total. The molecule has 0 aromatic carbocycles. The van der Waals surface area contributed by atoms with Gasteiger partial charge in [-0.05, 0) is 33.1 Å². The van der Waals surface area contributed by atoms with Gasteiger partial charge in [-0.25, -0.2) is 0 Å². The Hall–Kier alpha value is -1.03. The number of aromatic nitrogens is 2. The maximum absolute atomic E-state index is 12.5. The van der Waals surface area contributed by atoms with E-state index >= 15 is 0 Å². The zero-order valence-electron chi connectivity index (χ0n) is 12.6. The number of halogens is 1. The molecule has 1 aromatic heterocycles. The molecule has 1 saturated carbocycles. The predicted octanol–water partition coefficient (Wildman–Crippen LogP) is 3.55. The van der Waals surface area contributed by atoms with E-state index in [1.54, 1.807) is 4.68 Å². The summed E-state index contributed by atoms with van der Waals surface area (Å²) in [7, 11) is 0. The van der Waals surface area contributed by atoms with E-state index in [1.807, 2.05) is 20.8 Å². The van der Waals surface area contributed by atoms with E-state index in [-0.39, 0.29) is 11.9 Å². The first-order chi connectivity index (χ1) is 9.54. The molecular weight excluding hydrogens is 274 g/mol. The van der Waals surface area contributed by atoms with Crippen LogP contribution in [0.4, 0.5) is 0 Å². The molecule has 0 radical (unpaired) electrons. The Morgan fingerprint density at radius 3 is 2.55 bits per heavy atom. The van der Waals surface area contributed by atoms with Crippen LogP contribution in [0.3, 0.4) is 0 Å². The first-order valence-corrected chi connectivity index (χ1v) is 7.94. The van der Waals surface area contributed by atoms with Crippen LogP contribution in [0, 0.1) is 13.8 Å². The Morgan fingerprint density at radius 2 is 2.05 bits per heavy atom. The van der Waals surface area contributed by atoms with Crippen molar-refractivity contribution in [1.82, 2.24) is 15.1 Å². The Bertz CT molecular complexity index is 478. The molecule has 0 aliphatic heterocycles. The van der Waals surface area contributed by atoms with Gasteiger partial charge in [0.25, 0.3) is 0 Å². The van der Waals surface area contributed by atoms with E-state index < -0.39 is 0 Å². The van der Waals surface area contributed by atoms with Crippen LogP contribution in [0.1, 0.15) is 62.9 Å². The van der Waals surface area contributed by atoms with Crippen LogP contribution in [-0.2, 0) is 4.79 Å². The molecule has 1 amide bonds. The highest BCUT2D eigenvalue weighted by Crippen LogP contribution is 2.24. The summed E-state index contributed by atoms with van der Waals surface area (Å²) in [6.45, 7) is 5.80. The molecule has 1 atom stereocenters. The van der Waals surface area contributed by atoms with E-state index in [0.717, 1.165) is 30.7 Å². The van der Waals surface area contributed by atoms with Crippen LogP contribution in [0.2, 0.25) is 5.02 Å². The molecule has 0 bridgehead atoms. The first-order valence-electron chi connectivity index (χ1n) is 7.56. The number of nitrogens with zero attached hydrogens (tertiary/aromatic N) is 2. The van der Waals surface area contributed by atoms with E-state index in [0.29, 0.717) is 11.1 Å². The summed E-state index contributed by atoms with van der Waals surface area (Å²) in [5.41, 5.74) is 1.66. The fourth-order valence-electron chi connectivity index (χ4n) is 2.96. The van der Waals surface area contributed by atoms with Crippen molar-refractivity contribution in [3.05, 3.63) is 16.4 Å². The Labute approximate surface area is 125 Å². The highest BCUT2D eigenvalue weighted by atomic mass is 35.5. The van der Waals surface area contributed by atoms with Gasteiger partial charge in [-0.15, -0.1) is 0 Å². The number of amides is 1. The van der Waals surface area contributed by atoms with Crippen molar-refractivity contribution in [2.75, 3.05) is 0 Å². The van der Waals surface area contributed by atoms with Crippen molar-refractivity contribution in [2.24, 2.45) is 0 Å². The molecule has 1 aromatic rings. The lowest BCUT2D eigenvalue weighted by atomic mass is 9.95. The highest BCUT2D eigenvalue weighted by molar-refractivity contribution is 6.31. The fourth-order valence-corrected chi connectivity index (χ4v) is 3.08. The van der Waals surface area contributed by atoms with Gasteiger partial charge in [0.05, 0.1) is 16.4 Å². The van der Waals surface area contributed by atoms with Crippen molar-refractivity contribution in [2.45, 2.75) is 71.4 Å². The summed E-state index contributed by atoms with van der Waals surface area (Å²) >= 11 is 6.18. The Kier molecular flexibility index (Phi) is 5.08. The Balaban J connectivity index is 2.10. The molecule has 0 saturated heterocycles. The normalized spacial score (nSPS) is 18.0.